The summed E-state index contributed by atoms with van der Waals surface area (Å²) in [6.07, 6.45) is 3.85. The van der Waals surface area contributed by atoms with E-state index in [1.165, 1.54) is 0 Å². The van der Waals surface area contributed by atoms with Crippen molar-refractivity contribution in [1.82, 2.24) is 14.5 Å². The second kappa shape index (κ2) is 5.09. The van der Waals surface area contributed by atoms with Crippen LogP contribution in [0.15, 0.2) is 49.2 Å². The van der Waals surface area contributed by atoms with Gasteiger partial charge in [0.2, 0.25) is 5.95 Å². The molecule has 4 aromatic rings. The molecule has 0 radical (unpaired) electrons. The zero-order valence-corrected chi connectivity index (χ0v) is 13.3. The van der Waals surface area contributed by atoms with Crippen molar-refractivity contribution in [3.05, 3.63) is 54.7 Å². The lowest BCUT2D eigenvalue weighted by Gasteiger charge is -2.11. The maximum absolute atomic E-state index is 6.11. The first-order valence-electron chi connectivity index (χ1n) is 7.62. The molecule has 0 atom stereocenters. The number of rotatable bonds is 2. The van der Waals surface area contributed by atoms with E-state index >= 15 is 0 Å². The molecule has 0 unspecified atom stereocenters. The van der Waals surface area contributed by atoms with E-state index in [4.69, 9.17) is 11.5 Å². The van der Waals surface area contributed by atoms with Crippen LogP contribution >= 0.6 is 0 Å². The van der Waals surface area contributed by atoms with E-state index in [0.29, 0.717) is 5.82 Å². The number of anilines is 2. The van der Waals surface area contributed by atoms with E-state index in [0.717, 1.165) is 38.5 Å². The number of hydrogen-bond acceptors (Lipinski definition) is 4. The van der Waals surface area contributed by atoms with Crippen molar-refractivity contribution in [2.75, 3.05) is 11.5 Å². The Balaban J connectivity index is 2.13. The van der Waals surface area contributed by atoms with Crippen molar-refractivity contribution in [1.29, 1.82) is 0 Å². The summed E-state index contributed by atoms with van der Waals surface area (Å²) in [5, 5.41) is 1.86. The topological polar surface area (TPSA) is 82.8 Å². The molecule has 0 saturated heterocycles. The van der Waals surface area contributed by atoms with E-state index in [2.05, 4.69) is 33.2 Å². The molecule has 0 fully saturated rings. The standard InChI is InChI=1S/C19H17N5/c1-3-11-4-6-12(7-5-11)14-10-15-16(18(20)23-19(21)22-15)13-8-9-24(2)17(13)14/h3-10H,1H2,2H3,(H4,20,21,22,23). The van der Waals surface area contributed by atoms with Crippen molar-refractivity contribution in [3.63, 3.8) is 0 Å². The van der Waals surface area contributed by atoms with Gasteiger partial charge in [-0.3, -0.25) is 0 Å². The van der Waals surface area contributed by atoms with Gasteiger partial charge in [-0.15, -0.1) is 0 Å². The van der Waals surface area contributed by atoms with Gasteiger partial charge < -0.3 is 16.0 Å². The summed E-state index contributed by atoms with van der Waals surface area (Å²) in [7, 11) is 2.02. The number of benzene rings is 2. The number of hydrogen-bond donors (Lipinski definition) is 2. The highest BCUT2D eigenvalue weighted by Crippen LogP contribution is 2.36. The van der Waals surface area contributed by atoms with Crippen LogP contribution in [0.3, 0.4) is 0 Å². The Kier molecular flexibility index (Phi) is 3.03. The highest BCUT2D eigenvalue weighted by molar-refractivity contribution is 6.15. The van der Waals surface area contributed by atoms with Crippen LogP contribution in [0, 0.1) is 0 Å². The first-order chi connectivity index (χ1) is 11.6. The molecule has 118 valence electrons. The van der Waals surface area contributed by atoms with Crippen LogP contribution in [-0.2, 0) is 7.05 Å². The molecule has 0 amide bonds. The summed E-state index contributed by atoms with van der Waals surface area (Å²) < 4.78 is 2.08. The maximum Gasteiger partial charge on any atom is 0.222 e. The fourth-order valence-corrected chi connectivity index (χ4v) is 3.19. The molecule has 4 rings (SSSR count). The summed E-state index contributed by atoms with van der Waals surface area (Å²) >= 11 is 0. The molecule has 5 heteroatoms. The lowest BCUT2D eigenvalue weighted by atomic mass is 9.99. The Bertz CT molecular complexity index is 1090. The Labute approximate surface area is 139 Å². The molecule has 0 aliphatic rings. The molecule has 2 aromatic heterocycles. The van der Waals surface area contributed by atoms with E-state index in [-0.39, 0.29) is 5.95 Å². The minimum atomic E-state index is 0.184. The third-order valence-electron chi connectivity index (χ3n) is 4.32. The van der Waals surface area contributed by atoms with Crippen molar-refractivity contribution in [2.24, 2.45) is 7.05 Å². The van der Waals surface area contributed by atoms with E-state index in [9.17, 15) is 0 Å². The first-order valence-corrected chi connectivity index (χ1v) is 7.62. The third kappa shape index (κ3) is 2.02. The number of nitrogens with zero attached hydrogens (tertiary/aromatic N) is 3. The third-order valence-corrected chi connectivity index (χ3v) is 4.32. The molecule has 2 heterocycles. The summed E-state index contributed by atoms with van der Waals surface area (Å²) in [5.74, 6) is 0.588. The monoisotopic (exact) mass is 315 g/mol. The molecule has 4 N–H and O–H groups in total. The van der Waals surface area contributed by atoms with Crippen molar-refractivity contribution >= 4 is 39.6 Å². The molecule has 0 aliphatic carbocycles. The van der Waals surface area contributed by atoms with Gasteiger partial charge in [0.05, 0.1) is 16.4 Å². The van der Waals surface area contributed by atoms with Crippen LogP contribution in [0.1, 0.15) is 5.56 Å². The Morgan fingerprint density at radius 2 is 1.83 bits per heavy atom. The Morgan fingerprint density at radius 1 is 1.08 bits per heavy atom. The summed E-state index contributed by atoms with van der Waals surface area (Å²) in [4.78, 5) is 8.49. The van der Waals surface area contributed by atoms with Crippen molar-refractivity contribution < 1.29 is 0 Å². The SMILES string of the molecule is C=Cc1ccc(-c2cc3nc(N)nc(N)c3c3ccn(C)c23)cc1. The average molecular weight is 315 g/mol. The minimum absolute atomic E-state index is 0.184. The van der Waals surface area contributed by atoms with Crippen molar-refractivity contribution in [3.8, 4) is 11.1 Å². The van der Waals surface area contributed by atoms with Gasteiger partial charge in [0.25, 0.3) is 0 Å². The van der Waals surface area contributed by atoms with E-state index < -0.39 is 0 Å². The normalized spacial score (nSPS) is 11.2. The smallest absolute Gasteiger partial charge is 0.222 e. The lowest BCUT2D eigenvalue weighted by Crippen LogP contribution is -2.01. The van der Waals surface area contributed by atoms with Gasteiger partial charge in [0, 0.05) is 24.2 Å². The molecule has 0 aliphatic heterocycles. The van der Waals surface area contributed by atoms with Crippen LogP contribution in [0.5, 0.6) is 0 Å². The van der Waals surface area contributed by atoms with Gasteiger partial charge in [0.1, 0.15) is 5.82 Å². The zero-order valence-electron chi connectivity index (χ0n) is 13.3. The quantitative estimate of drug-likeness (QED) is 0.592. The van der Waals surface area contributed by atoms with Gasteiger partial charge in [-0.25, -0.2) is 4.98 Å². The van der Waals surface area contributed by atoms with Crippen LogP contribution in [0.2, 0.25) is 0 Å². The predicted octanol–water partition coefficient (Wildman–Crippen LogP) is 3.60. The number of nitrogens with two attached hydrogens (primary N) is 2. The number of aryl methyl sites for hydroxylation is 1. The fourth-order valence-electron chi connectivity index (χ4n) is 3.19. The first kappa shape index (κ1) is 14.3. The molecule has 0 saturated carbocycles. The highest BCUT2D eigenvalue weighted by atomic mass is 15.0. The molecule has 2 aromatic carbocycles. The predicted molar refractivity (Wildman–Crippen MR) is 100 cm³/mol. The van der Waals surface area contributed by atoms with Crippen LogP contribution in [0.25, 0.3) is 39.0 Å². The Morgan fingerprint density at radius 3 is 2.54 bits per heavy atom. The Hall–Kier alpha value is -3.34. The van der Waals surface area contributed by atoms with Gasteiger partial charge in [-0.1, -0.05) is 36.9 Å². The summed E-state index contributed by atoms with van der Waals surface area (Å²) in [6, 6.07) is 12.3. The number of nitrogen functional groups attached to an aromatic ring is 2. The molecule has 0 bridgehead atoms. The second-order valence-corrected chi connectivity index (χ2v) is 5.80. The van der Waals surface area contributed by atoms with Crippen LogP contribution in [-0.4, -0.2) is 14.5 Å². The average Bonchev–Trinajstić information content (AvgIpc) is 2.95. The van der Waals surface area contributed by atoms with Crippen LogP contribution < -0.4 is 11.5 Å². The number of fused-ring (bicyclic) bond motifs is 3. The van der Waals surface area contributed by atoms with Gasteiger partial charge >= 0.3 is 0 Å². The molecule has 24 heavy (non-hydrogen) atoms. The summed E-state index contributed by atoms with van der Waals surface area (Å²) in [5.41, 5.74) is 17.0. The van der Waals surface area contributed by atoms with Crippen molar-refractivity contribution in [2.45, 2.75) is 0 Å². The molecular weight excluding hydrogens is 298 g/mol. The second-order valence-electron chi connectivity index (χ2n) is 5.80. The van der Waals surface area contributed by atoms with E-state index in [1.807, 2.05) is 43.6 Å². The molecule has 5 nitrogen and oxygen atoms in total. The summed E-state index contributed by atoms with van der Waals surface area (Å²) in [6.45, 7) is 3.80. The largest absolute Gasteiger partial charge is 0.383 e. The van der Waals surface area contributed by atoms with E-state index in [1.54, 1.807) is 0 Å². The molecular formula is C19H17N5. The van der Waals surface area contributed by atoms with Gasteiger partial charge in [-0.05, 0) is 23.3 Å². The fraction of sp³-hybridized carbons (Fsp3) is 0.0526. The van der Waals surface area contributed by atoms with Gasteiger partial charge in [-0.2, -0.15) is 4.98 Å². The van der Waals surface area contributed by atoms with Crippen LogP contribution in [0.4, 0.5) is 11.8 Å². The van der Waals surface area contributed by atoms with Gasteiger partial charge in [0.15, 0.2) is 0 Å². The number of aromatic nitrogens is 3. The zero-order chi connectivity index (χ0) is 16.8. The minimum Gasteiger partial charge on any atom is -0.383 e. The molecule has 0 spiro atoms. The lowest BCUT2D eigenvalue weighted by molar-refractivity contribution is 0.970. The highest BCUT2D eigenvalue weighted by Gasteiger charge is 2.15. The maximum atomic E-state index is 6.11.